The summed E-state index contributed by atoms with van der Waals surface area (Å²) < 4.78 is 5.46. The molecule has 122 valence electrons. The predicted octanol–water partition coefficient (Wildman–Crippen LogP) is 4.32. The van der Waals surface area contributed by atoms with Crippen LogP contribution in [0.15, 0.2) is 59.5 Å². The molecule has 3 rings (SSSR count). The number of hydrogen-bond donors (Lipinski definition) is 0. The van der Waals surface area contributed by atoms with Gasteiger partial charge in [-0.25, -0.2) is 0 Å². The zero-order valence-electron chi connectivity index (χ0n) is 13.3. The van der Waals surface area contributed by atoms with Gasteiger partial charge in [-0.2, -0.15) is 0 Å². The summed E-state index contributed by atoms with van der Waals surface area (Å²) in [5, 5.41) is -0.240. The van der Waals surface area contributed by atoms with E-state index >= 15 is 0 Å². The Labute approximate surface area is 145 Å². The van der Waals surface area contributed by atoms with Gasteiger partial charge in [-0.15, -0.1) is 0 Å². The predicted molar refractivity (Wildman–Crippen MR) is 95.6 cm³/mol. The van der Waals surface area contributed by atoms with E-state index in [0.29, 0.717) is 18.1 Å². The van der Waals surface area contributed by atoms with Crippen LogP contribution >= 0.6 is 11.8 Å². The third-order valence-electron chi connectivity index (χ3n) is 3.52. The SMILES string of the molecule is CCOc1cccc(/C=C2\SC(=O)N(Cc3ccccc3)C2=O)c1. The van der Waals surface area contributed by atoms with E-state index in [4.69, 9.17) is 4.74 Å². The Balaban J connectivity index is 1.79. The summed E-state index contributed by atoms with van der Waals surface area (Å²) in [6.45, 7) is 2.79. The van der Waals surface area contributed by atoms with Crippen LogP contribution in [0.5, 0.6) is 5.75 Å². The molecule has 0 atom stereocenters. The van der Waals surface area contributed by atoms with Gasteiger partial charge in [-0.05, 0) is 48.0 Å². The minimum absolute atomic E-state index is 0.240. The van der Waals surface area contributed by atoms with E-state index in [1.54, 1.807) is 6.08 Å². The molecule has 0 spiro atoms. The van der Waals surface area contributed by atoms with E-state index in [0.717, 1.165) is 28.6 Å². The third-order valence-corrected chi connectivity index (χ3v) is 4.43. The van der Waals surface area contributed by atoms with Gasteiger partial charge in [0.25, 0.3) is 11.1 Å². The smallest absolute Gasteiger partial charge is 0.293 e. The number of benzene rings is 2. The molecule has 4 nitrogen and oxygen atoms in total. The molecule has 0 unspecified atom stereocenters. The number of carbonyl (C=O) groups excluding carboxylic acids is 2. The quantitative estimate of drug-likeness (QED) is 0.761. The molecule has 1 heterocycles. The Hall–Kier alpha value is -2.53. The first-order chi connectivity index (χ1) is 11.7. The molecule has 1 aliphatic heterocycles. The van der Waals surface area contributed by atoms with Gasteiger partial charge in [0, 0.05) is 0 Å². The van der Waals surface area contributed by atoms with Gasteiger partial charge in [0.1, 0.15) is 5.75 Å². The molecule has 1 saturated heterocycles. The van der Waals surface area contributed by atoms with Crippen LogP contribution in [0, 0.1) is 0 Å². The maximum atomic E-state index is 12.5. The lowest BCUT2D eigenvalue weighted by Gasteiger charge is -2.12. The van der Waals surface area contributed by atoms with Gasteiger partial charge < -0.3 is 4.74 Å². The molecule has 2 aromatic carbocycles. The topological polar surface area (TPSA) is 46.6 Å². The van der Waals surface area contributed by atoms with Crippen molar-refractivity contribution in [1.29, 1.82) is 0 Å². The minimum atomic E-state index is -0.254. The van der Waals surface area contributed by atoms with Crippen LogP contribution in [-0.4, -0.2) is 22.7 Å². The lowest BCUT2D eigenvalue weighted by atomic mass is 10.2. The average molecular weight is 339 g/mol. The second-order valence-electron chi connectivity index (χ2n) is 5.26. The molecular formula is C19H17NO3S. The zero-order chi connectivity index (χ0) is 16.9. The van der Waals surface area contributed by atoms with Crippen molar-refractivity contribution >= 4 is 29.0 Å². The Kier molecular flexibility index (Phi) is 5.01. The van der Waals surface area contributed by atoms with Gasteiger partial charge in [0.15, 0.2) is 0 Å². The molecule has 0 saturated carbocycles. The third kappa shape index (κ3) is 3.68. The monoisotopic (exact) mass is 339 g/mol. The lowest BCUT2D eigenvalue weighted by molar-refractivity contribution is -0.123. The van der Waals surface area contributed by atoms with Crippen molar-refractivity contribution in [1.82, 2.24) is 4.90 Å². The molecule has 24 heavy (non-hydrogen) atoms. The van der Waals surface area contributed by atoms with Gasteiger partial charge >= 0.3 is 0 Å². The second-order valence-corrected chi connectivity index (χ2v) is 6.25. The van der Waals surface area contributed by atoms with Crippen LogP contribution < -0.4 is 4.74 Å². The number of nitrogens with zero attached hydrogens (tertiary/aromatic N) is 1. The van der Waals surface area contributed by atoms with Crippen LogP contribution in [0.1, 0.15) is 18.1 Å². The fraction of sp³-hybridized carbons (Fsp3) is 0.158. The van der Waals surface area contributed by atoms with Crippen LogP contribution in [0.4, 0.5) is 4.79 Å². The van der Waals surface area contributed by atoms with Crippen molar-refractivity contribution in [2.75, 3.05) is 6.61 Å². The molecule has 1 fully saturated rings. The van der Waals surface area contributed by atoms with Crippen LogP contribution in [0.3, 0.4) is 0 Å². The van der Waals surface area contributed by atoms with E-state index in [-0.39, 0.29) is 11.1 Å². The highest BCUT2D eigenvalue weighted by Crippen LogP contribution is 2.33. The van der Waals surface area contributed by atoms with Crippen molar-refractivity contribution in [3.63, 3.8) is 0 Å². The van der Waals surface area contributed by atoms with Crippen molar-refractivity contribution in [3.05, 3.63) is 70.6 Å². The van der Waals surface area contributed by atoms with E-state index in [9.17, 15) is 9.59 Å². The summed E-state index contributed by atoms with van der Waals surface area (Å²) in [5.74, 6) is 0.491. The largest absolute Gasteiger partial charge is 0.494 e. The number of thioether (sulfide) groups is 1. The molecule has 0 N–H and O–H groups in total. The second kappa shape index (κ2) is 7.36. The number of rotatable bonds is 5. The first kappa shape index (κ1) is 16.3. The zero-order valence-corrected chi connectivity index (χ0v) is 14.1. The standard InChI is InChI=1S/C19H17NO3S/c1-2-23-16-10-6-9-15(11-16)12-17-18(21)20(19(22)24-17)13-14-7-4-3-5-8-14/h3-12H,2,13H2,1H3/b17-12-. The van der Waals surface area contributed by atoms with Gasteiger partial charge in [0.2, 0.25) is 0 Å². The number of hydrogen-bond acceptors (Lipinski definition) is 4. The summed E-state index contributed by atoms with van der Waals surface area (Å²) in [6.07, 6.45) is 1.73. The van der Waals surface area contributed by atoms with E-state index in [1.165, 1.54) is 4.90 Å². The van der Waals surface area contributed by atoms with Crippen molar-refractivity contribution in [2.24, 2.45) is 0 Å². The maximum Gasteiger partial charge on any atom is 0.293 e. The number of ether oxygens (including phenoxy) is 1. The first-order valence-electron chi connectivity index (χ1n) is 7.69. The van der Waals surface area contributed by atoms with Crippen LogP contribution in [0.2, 0.25) is 0 Å². The van der Waals surface area contributed by atoms with Crippen molar-refractivity contribution in [3.8, 4) is 5.75 Å². The van der Waals surface area contributed by atoms with E-state index < -0.39 is 0 Å². The molecule has 0 radical (unpaired) electrons. The fourth-order valence-corrected chi connectivity index (χ4v) is 3.25. The lowest BCUT2D eigenvalue weighted by Crippen LogP contribution is -2.27. The summed E-state index contributed by atoms with van der Waals surface area (Å²) in [6, 6.07) is 17.0. The molecule has 1 aliphatic rings. The molecule has 2 aromatic rings. The summed E-state index contributed by atoms with van der Waals surface area (Å²) >= 11 is 0.973. The van der Waals surface area contributed by atoms with Crippen molar-refractivity contribution in [2.45, 2.75) is 13.5 Å². The molecule has 2 amide bonds. The van der Waals surface area contributed by atoms with E-state index in [2.05, 4.69) is 0 Å². The normalized spacial score (nSPS) is 16.0. The fourth-order valence-electron chi connectivity index (χ4n) is 2.41. The van der Waals surface area contributed by atoms with Gasteiger partial charge in [-0.1, -0.05) is 42.5 Å². The highest BCUT2D eigenvalue weighted by atomic mass is 32.2. The van der Waals surface area contributed by atoms with Crippen LogP contribution in [-0.2, 0) is 11.3 Å². The average Bonchev–Trinajstić information content (AvgIpc) is 2.84. The highest BCUT2D eigenvalue weighted by Gasteiger charge is 2.34. The van der Waals surface area contributed by atoms with E-state index in [1.807, 2.05) is 61.5 Å². The first-order valence-corrected chi connectivity index (χ1v) is 8.51. The molecule has 0 aromatic heterocycles. The Morgan fingerprint density at radius 3 is 2.62 bits per heavy atom. The number of carbonyl (C=O) groups is 2. The highest BCUT2D eigenvalue weighted by molar-refractivity contribution is 8.18. The van der Waals surface area contributed by atoms with Gasteiger partial charge in [-0.3, -0.25) is 14.5 Å². The van der Waals surface area contributed by atoms with Crippen molar-refractivity contribution < 1.29 is 14.3 Å². The number of imide groups is 1. The Bertz CT molecular complexity index is 786. The van der Waals surface area contributed by atoms with Gasteiger partial charge in [0.05, 0.1) is 18.1 Å². The Morgan fingerprint density at radius 2 is 1.88 bits per heavy atom. The molecule has 0 aliphatic carbocycles. The maximum absolute atomic E-state index is 12.5. The molecular weight excluding hydrogens is 322 g/mol. The molecule has 0 bridgehead atoms. The molecule has 5 heteroatoms. The summed E-state index contributed by atoms with van der Waals surface area (Å²) in [4.78, 5) is 26.4. The van der Waals surface area contributed by atoms with Crippen LogP contribution in [0.25, 0.3) is 6.08 Å². The Morgan fingerprint density at radius 1 is 1.08 bits per heavy atom. The minimum Gasteiger partial charge on any atom is -0.494 e. The summed E-state index contributed by atoms with van der Waals surface area (Å²) in [7, 11) is 0. The number of amides is 2. The summed E-state index contributed by atoms with van der Waals surface area (Å²) in [5.41, 5.74) is 1.77.